The molecule has 0 fully saturated rings. The third-order valence-electron chi connectivity index (χ3n) is 2.40. The lowest BCUT2D eigenvalue weighted by Crippen LogP contribution is -2.32. The van der Waals surface area contributed by atoms with Crippen LogP contribution in [0.25, 0.3) is 0 Å². The molecule has 1 aromatic rings. The minimum absolute atomic E-state index is 0.103. The number of hydrogen-bond donors (Lipinski definition) is 3. The first kappa shape index (κ1) is 9.43. The van der Waals surface area contributed by atoms with Crippen LogP contribution in [0.15, 0.2) is 23.2 Å². The van der Waals surface area contributed by atoms with Gasteiger partial charge >= 0.3 is 0 Å². The van der Waals surface area contributed by atoms with Crippen molar-refractivity contribution in [3.8, 4) is 0 Å². The summed E-state index contributed by atoms with van der Waals surface area (Å²) in [6, 6.07) is 2.22. The van der Waals surface area contributed by atoms with Gasteiger partial charge in [-0.05, 0) is 29.5 Å². The molecule has 0 saturated heterocycles. The Bertz CT molecular complexity index is 367. The minimum atomic E-state index is 0.103. The number of hydrogen-bond acceptors (Lipinski definition) is 4. The number of allylic oxidation sites excluding steroid dienone is 1. The average molecular weight is 207 g/mol. The predicted molar refractivity (Wildman–Crippen MR) is 59.8 cm³/mol. The van der Waals surface area contributed by atoms with Gasteiger partial charge in [-0.15, -0.1) is 11.3 Å². The van der Waals surface area contributed by atoms with E-state index < -0.39 is 0 Å². The van der Waals surface area contributed by atoms with E-state index in [2.05, 4.69) is 16.8 Å². The number of nitrogens with two attached hydrogens (primary N) is 1. The van der Waals surface area contributed by atoms with Gasteiger partial charge in [0.25, 0.3) is 0 Å². The van der Waals surface area contributed by atoms with Crippen LogP contribution in [0, 0.1) is 5.41 Å². The van der Waals surface area contributed by atoms with Crippen molar-refractivity contribution in [1.82, 2.24) is 5.32 Å². The molecule has 2 heterocycles. The monoisotopic (exact) mass is 207 g/mol. The van der Waals surface area contributed by atoms with Gasteiger partial charge in [-0.25, -0.2) is 0 Å². The van der Waals surface area contributed by atoms with Gasteiger partial charge in [-0.1, -0.05) is 0 Å². The van der Waals surface area contributed by atoms with E-state index in [1.165, 1.54) is 16.7 Å². The molecule has 0 spiro atoms. The molecule has 4 heteroatoms. The molecular formula is C10H13N3S. The molecule has 74 valence electrons. The lowest BCUT2D eigenvalue weighted by Gasteiger charge is -2.24. The summed E-state index contributed by atoms with van der Waals surface area (Å²) >= 11 is 1.78. The fraction of sp³-hybridized carbons (Fsp3) is 0.300. The van der Waals surface area contributed by atoms with Crippen LogP contribution in [-0.4, -0.2) is 12.8 Å². The molecule has 2 rings (SSSR count). The SMILES string of the molecule is N=C/C=C(\N)C1NCCc2sccc21. The molecule has 1 aliphatic heterocycles. The zero-order valence-corrected chi connectivity index (χ0v) is 8.60. The van der Waals surface area contributed by atoms with Crippen molar-refractivity contribution >= 4 is 17.6 Å². The van der Waals surface area contributed by atoms with Gasteiger partial charge < -0.3 is 16.5 Å². The zero-order chi connectivity index (χ0) is 9.97. The third-order valence-corrected chi connectivity index (χ3v) is 3.40. The minimum Gasteiger partial charge on any atom is -0.400 e. The molecule has 14 heavy (non-hydrogen) atoms. The first-order valence-electron chi connectivity index (χ1n) is 4.58. The van der Waals surface area contributed by atoms with Crippen LogP contribution >= 0.6 is 11.3 Å². The molecule has 0 bridgehead atoms. The summed E-state index contributed by atoms with van der Waals surface area (Å²) in [6.07, 6.45) is 3.96. The Labute approximate surface area is 87.1 Å². The van der Waals surface area contributed by atoms with Crippen molar-refractivity contribution in [1.29, 1.82) is 5.41 Å². The number of nitrogens with one attached hydrogen (secondary N) is 2. The second kappa shape index (κ2) is 3.94. The smallest absolute Gasteiger partial charge is 0.0735 e. The fourth-order valence-corrected chi connectivity index (χ4v) is 2.66. The summed E-state index contributed by atoms with van der Waals surface area (Å²) in [5.74, 6) is 0. The highest BCUT2D eigenvalue weighted by Crippen LogP contribution is 2.29. The van der Waals surface area contributed by atoms with Crippen LogP contribution < -0.4 is 11.1 Å². The topological polar surface area (TPSA) is 61.9 Å². The van der Waals surface area contributed by atoms with Crippen LogP contribution in [0.2, 0.25) is 0 Å². The second-order valence-electron chi connectivity index (χ2n) is 3.27. The molecule has 1 atom stereocenters. The molecule has 0 saturated carbocycles. The molecule has 1 unspecified atom stereocenters. The van der Waals surface area contributed by atoms with Gasteiger partial charge in [0.1, 0.15) is 0 Å². The molecule has 0 aromatic carbocycles. The van der Waals surface area contributed by atoms with E-state index in [1.54, 1.807) is 17.4 Å². The van der Waals surface area contributed by atoms with E-state index in [0.29, 0.717) is 0 Å². The van der Waals surface area contributed by atoms with Gasteiger partial charge in [0.15, 0.2) is 0 Å². The summed E-state index contributed by atoms with van der Waals surface area (Å²) in [6.45, 7) is 0.963. The van der Waals surface area contributed by atoms with Crippen molar-refractivity contribution < 1.29 is 0 Å². The second-order valence-corrected chi connectivity index (χ2v) is 4.27. The molecule has 1 aliphatic rings. The summed E-state index contributed by atoms with van der Waals surface area (Å²) < 4.78 is 0. The van der Waals surface area contributed by atoms with E-state index in [-0.39, 0.29) is 6.04 Å². The van der Waals surface area contributed by atoms with Crippen LogP contribution in [0.3, 0.4) is 0 Å². The maximum atomic E-state index is 6.99. The maximum Gasteiger partial charge on any atom is 0.0735 e. The predicted octanol–water partition coefficient (Wildman–Crippen LogP) is 1.43. The maximum absolute atomic E-state index is 6.99. The van der Waals surface area contributed by atoms with E-state index in [4.69, 9.17) is 11.1 Å². The average Bonchev–Trinajstić information content (AvgIpc) is 2.65. The largest absolute Gasteiger partial charge is 0.400 e. The van der Waals surface area contributed by atoms with Crippen molar-refractivity contribution in [2.75, 3.05) is 6.54 Å². The van der Waals surface area contributed by atoms with E-state index in [9.17, 15) is 0 Å². The van der Waals surface area contributed by atoms with Crippen molar-refractivity contribution in [2.24, 2.45) is 5.73 Å². The first-order chi connectivity index (χ1) is 6.83. The molecule has 0 aliphatic carbocycles. The summed E-state index contributed by atoms with van der Waals surface area (Å²) in [4.78, 5) is 1.41. The number of thiophene rings is 1. The van der Waals surface area contributed by atoms with Crippen LogP contribution in [0.1, 0.15) is 16.5 Å². The molecule has 3 nitrogen and oxygen atoms in total. The third kappa shape index (κ3) is 1.58. The summed E-state index contributed by atoms with van der Waals surface area (Å²) in [5.41, 5.74) is 7.88. The Morgan fingerprint density at radius 2 is 2.57 bits per heavy atom. The Kier molecular flexibility index (Phi) is 2.65. The Morgan fingerprint density at radius 1 is 1.71 bits per heavy atom. The quantitative estimate of drug-likeness (QED) is 0.642. The fourth-order valence-electron chi connectivity index (χ4n) is 1.74. The normalized spacial score (nSPS) is 21.7. The van der Waals surface area contributed by atoms with Gasteiger partial charge in [0.2, 0.25) is 0 Å². The number of rotatable bonds is 2. The Balaban J connectivity index is 2.32. The molecular weight excluding hydrogens is 194 g/mol. The van der Waals surface area contributed by atoms with Crippen molar-refractivity contribution in [3.63, 3.8) is 0 Å². The van der Waals surface area contributed by atoms with Crippen LogP contribution in [0.4, 0.5) is 0 Å². The van der Waals surface area contributed by atoms with Gasteiger partial charge in [-0.2, -0.15) is 0 Å². The van der Waals surface area contributed by atoms with E-state index in [1.807, 2.05) is 0 Å². The number of fused-ring (bicyclic) bond motifs is 1. The lowest BCUT2D eigenvalue weighted by atomic mass is 10.00. The van der Waals surface area contributed by atoms with Crippen molar-refractivity contribution in [2.45, 2.75) is 12.5 Å². The van der Waals surface area contributed by atoms with E-state index in [0.717, 1.165) is 18.7 Å². The summed E-state index contributed by atoms with van der Waals surface area (Å²) in [7, 11) is 0. The highest BCUT2D eigenvalue weighted by atomic mass is 32.1. The lowest BCUT2D eigenvalue weighted by molar-refractivity contribution is 0.563. The highest BCUT2D eigenvalue weighted by molar-refractivity contribution is 7.10. The van der Waals surface area contributed by atoms with Crippen molar-refractivity contribution in [3.05, 3.63) is 33.7 Å². The molecule has 1 aromatic heterocycles. The highest BCUT2D eigenvalue weighted by Gasteiger charge is 2.21. The summed E-state index contributed by atoms with van der Waals surface area (Å²) in [5, 5.41) is 12.4. The molecule has 0 radical (unpaired) electrons. The first-order valence-corrected chi connectivity index (χ1v) is 5.46. The van der Waals surface area contributed by atoms with E-state index >= 15 is 0 Å². The van der Waals surface area contributed by atoms with Gasteiger partial charge in [0, 0.05) is 23.3 Å². The van der Waals surface area contributed by atoms with Crippen LogP contribution in [0.5, 0.6) is 0 Å². The molecule has 0 amide bonds. The van der Waals surface area contributed by atoms with Crippen LogP contribution in [-0.2, 0) is 6.42 Å². The zero-order valence-electron chi connectivity index (χ0n) is 7.79. The Morgan fingerprint density at radius 3 is 3.36 bits per heavy atom. The van der Waals surface area contributed by atoms with Gasteiger partial charge in [0.05, 0.1) is 6.04 Å². The molecule has 4 N–H and O–H groups in total. The Hall–Kier alpha value is -1.13. The van der Waals surface area contributed by atoms with Gasteiger partial charge in [-0.3, -0.25) is 0 Å². The standard InChI is InChI=1S/C10H13N3S/c11-4-1-8(12)10-7-3-6-14-9(7)2-5-13-10/h1,3-4,6,10-11,13H,2,5,12H2/b8-1-,11-4?.